The zero-order chi connectivity index (χ0) is 23.1. The highest BCUT2D eigenvalue weighted by Gasteiger charge is 2.30. The third kappa shape index (κ3) is 5.60. The molecule has 0 aliphatic rings. The van der Waals surface area contributed by atoms with E-state index in [4.69, 9.17) is 10.8 Å². The number of aliphatic carboxylic acids is 1. The molecule has 2 amide bonds. The Hall–Kier alpha value is -3.93. The van der Waals surface area contributed by atoms with Crippen LogP contribution in [0.5, 0.6) is 0 Å². The average Bonchev–Trinajstić information content (AvgIpc) is 2.79. The summed E-state index contributed by atoms with van der Waals surface area (Å²) in [6.07, 6.45) is -0.317. The Morgan fingerprint density at radius 1 is 0.875 bits per heavy atom. The van der Waals surface area contributed by atoms with Crippen LogP contribution in [-0.2, 0) is 16.1 Å². The van der Waals surface area contributed by atoms with E-state index >= 15 is 0 Å². The molecule has 0 unspecified atom stereocenters. The van der Waals surface area contributed by atoms with E-state index in [-0.39, 0.29) is 25.3 Å². The summed E-state index contributed by atoms with van der Waals surface area (Å²) >= 11 is 0. The van der Waals surface area contributed by atoms with E-state index < -0.39 is 17.9 Å². The number of primary amides is 1. The van der Waals surface area contributed by atoms with Crippen LogP contribution < -0.4 is 5.73 Å². The lowest BCUT2D eigenvalue weighted by molar-refractivity contribution is -0.137. The van der Waals surface area contributed by atoms with Gasteiger partial charge in [-0.3, -0.25) is 14.4 Å². The zero-order valence-corrected chi connectivity index (χ0v) is 17.9. The fourth-order valence-corrected chi connectivity index (χ4v) is 3.61. The Morgan fingerprint density at radius 3 is 2.06 bits per heavy atom. The molecule has 3 aromatic carbocycles. The molecule has 0 fully saturated rings. The van der Waals surface area contributed by atoms with Crippen molar-refractivity contribution in [2.75, 3.05) is 0 Å². The molecular formula is C26H26N2O4. The van der Waals surface area contributed by atoms with Gasteiger partial charge >= 0.3 is 5.97 Å². The van der Waals surface area contributed by atoms with Crippen LogP contribution in [0.2, 0.25) is 0 Å². The molecule has 0 bridgehead atoms. The summed E-state index contributed by atoms with van der Waals surface area (Å²) in [5.41, 5.74) is 9.83. The minimum Gasteiger partial charge on any atom is -0.481 e. The maximum atomic E-state index is 13.5. The predicted octanol–water partition coefficient (Wildman–Crippen LogP) is 4.02. The van der Waals surface area contributed by atoms with E-state index in [1.165, 1.54) is 4.90 Å². The third-order valence-corrected chi connectivity index (χ3v) is 5.44. The molecule has 0 heterocycles. The largest absolute Gasteiger partial charge is 0.481 e. The van der Waals surface area contributed by atoms with E-state index in [9.17, 15) is 14.4 Å². The Morgan fingerprint density at radius 2 is 1.47 bits per heavy atom. The normalized spacial score (nSPS) is 11.5. The summed E-state index contributed by atoms with van der Waals surface area (Å²) in [5, 5.41) is 9.10. The molecule has 0 spiro atoms. The van der Waals surface area contributed by atoms with Crippen LogP contribution in [-0.4, -0.2) is 33.8 Å². The van der Waals surface area contributed by atoms with E-state index in [1.807, 2.05) is 73.7 Å². The Kier molecular flexibility index (Phi) is 7.39. The zero-order valence-electron chi connectivity index (χ0n) is 17.9. The number of nitrogens with two attached hydrogens (primary N) is 1. The van der Waals surface area contributed by atoms with Crippen LogP contribution in [0.1, 0.15) is 34.3 Å². The number of rotatable bonds is 9. The van der Waals surface area contributed by atoms with Gasteiger partial charge in [-0.1, -0.05) is 66.7 Å². The van der Waals surface area contributed by atoms with Crippen LogP contribution in [0.3, 0.4) is 0 Å². The summed E-state index contributed by atoms with van der Waals surface area (Å²) in [6.45, 7) is 2.07. The standard InChI is InChI=1S/C26H26N2O4/c1-18-7-5-6-10-22(18)17-28(23(25(27)31)15-16-24(29)30)26(32)21-13-11-20(12-14-21)19-8-3-2-4-9-19/h2-14,23H,15-17H2,1H3,(H2,27,31)(H,29,30)/t23-/m0/s1. The molecule has 6 nitrogen and oxygen atoms in total. The van der Waals surface area contributed by atoms with Crippen molar-refractivity contribution in [3.63, 3.8) is 0 Å². The van der Waals surface area contributed by atoms with Gasteiger partial charge in [-0.25, -0.2) is 0 Å². The number of hydrogen-bond acceptors (Lipinski definition) is 3. The smallest absolute Gasteiger partial charge is 0.303 e. The summed E-state index contributed by atoms with van der Waals surface area (Å²) in [4.78, 5) is 38.2. The quantitative estimate of drug-likeness (QED) is 0.535. The van der Waals surface area contributed by atoms with Crippen LogP contribution in [0.4, 0.5) is 0 Å². The van der Waals surface area contributed by atoms with Crippen molar-refractivity contribution in [1.82, 2.24) is 4.90 Å². The molecule has 0 aliphatic carbocycles. The Labute approximate surface area is 187 Å². The number of benzene rings is 3. The molecule has 1 atom stereocenters. The number of carboxylic acid groups (broad SMARTS) is 1. The SMILES string of the molecule is Cc1ccccc1CN(C(=O)c1ccc(-c2ccccc2)cc1)[C@@H](CCC(=O)O)C(N)=O. The number of amides is 2. The van der Waals surface area contributed by atoms with E-state index in [1.54, 1.807) is 12.1 Å². The molecule has 0 radical (unpaired) electrons. The fraction of sp³-hybridized carbons (Fsp3) is 0.192. The topological polar surface area (TPSA) is 101 Å². The first-order valence-corrected chi connectivity index (χ1v) is 10.4. The van der Waals surface area contributed by atoms with Gasteiger partial charge in [0.2, 0.25) is 5.91 Å². The van der Waals surface area contributed by atoms with Crippen LogP contribution >= 0.6 is 0 Å². The maximum absolute atomic E-state index is 13.5. The summed E-state index contributed by atoms with van der Waals surface area (Å²) < 4.78 is 0. The molecule has 0 saturated carbocycles. The van der Waals surface area contributed by atoms with Gasteiger partial charge in [0.15, 0.2) is 0 Å². The summed E-state index contributed by atoms with van der Waals surface area (Å²) in [6, 6.07) is 23.4. The first-order valence-electron chi connectivity index (χ1n) is 10.4. The van der Waals surface area contributed by atoms with Crippen LogP contribution in [0.25, 0.3) is 11.1 Å². The second kappa shape index (κ2) is 10.4. The lowest BCUT2D eigenvalue weighted by Crippen LogP contribution is -2.47. The minimum atomic E-state index is -1.05. The van der Waals surface area contributed by atoms with Gasteiger partial charge < -0.3 is 15.7 Å². The van der Waals surface area contributed by atoms with Gasteiger partial charge in [-0.2, -0.15) is 0 Å². The third-order valence-electron chi connectivity index (χ3n) is 5.44. The van der Waals surface area contributed by atoms with Crippen LogP contribution in [0, 0.1) is 6.92 Å². The number of carbonyl (C=O) groups excluding carboxylic acids is 2. The number of nitrogens with zero attached hydrogens (tertiary/aromatic N) is 1. The predicted molar refractivity (Wildman–Crippen MR) is 123 cm³/mol. The highest BCUT2D eigenvalue weighted by molar-refractivity contribution is 5.97. The molecular weight excluding hydrogens is 404 g/mol. The highest BCUT2D eigenvalue weighted by Crippen LogP contribution is 2.22. The molecule has 3 N–H and O–H groups in total. The summed E-state index contributed by atoms with van der Waals surface area (Å²) in [5.74, 6) is -2.15. The van der Waals surface area contributed by atoms with Crippen molar-refractivity contribution in [3.05, 3.63) is 95.6 Å². The van der Waals surface area contributed by atoms with Crippen molar-refractivity contribution < 1.29 is 19.5 Å². The first kappa shape index (κ1) is 22.7. The van der Waals surface area contributed by atoms with Gasteiger partial charge in [0.25, 0.3) is 5.91 Å². The maximum Gasteiger partial charge on any atom is 0.303 e. The van der Waals surface area contributed by atoms with Crippen molar-refractivity contribution in [1.29, 1.82) is 0 Å². The lowest BCUT2D eigenvalue weighted by Gasteiger charge is -2.30. The number of carbonyl (C=O) groups is 3. The molecule has 0 aromatic heterocycles. The lowest BCUT2D eigenvalue weighted by atomic mass is 10.0. The van der Waals surface area contributed by atoms with Gasteiger partial charge in [0.1, 0.15) is 6.04 Å². The molecule has 32 heavy (non-hydrogen) atoms. The van der Waals surface area contributed by atoms with Gasteiger partial charge in [-0.15, -0.1) is 0 Å². The monoisotopic (exact) mass is 430 g/mol. The summed E-state index contributed by atoms with van der Waals surface area (Å²) in [7, 11) is 0. The van der Waals surface area contributed by atoms with E-state index in [0.717, 1.165) is 22.3 Å². The first-order chi connectivity index (χ1) is 15.4. The molecule has 6 heteroatoms. The molecule has 164 valence electrons. The molecule has 3 aromatic rings. The second-order valence-electron chi connectivity index (χ2n) is 7.65. The van der Waals surface area contributed by atoms with Gasteiger partial charge in [0, 0.05) is 18.5 Å². The Balaban J connectivity index is 1.93. The van der Waals surface area contributed by atoms with Gasteiger partial charge in [-0.05, 0) is 47.7 Å². The van der Waals surface area contributed by atoms with Crippen molar-refractivity contribution in [2.45, 2.75) is 32.4 Å². The number of hydrogen-bond donors (Lipinski definition) is 2. The number of aryl methyl sites for hydroxylation is 1. The van der Waals surface area contributed by atoms with Crippen molar-refractivity contribution >= 4 is 17.8 Å². The molecule has 3 rings (SSSR count). The van der Waals surface area contributed by atoms with E-state index in [0.29, 0.717) is 5.56 Å². The minimum absolute atomic E-state index is 0.0512. The number of carboxylic acids is 1. The fourth-order valence-electron chi connectivity index (χ4n) is 3.61. The van der Waals surface area contributed by atoms with Crippen molar-refractivity contribution in [2.24, 2.45) is 5.73 Å². The average molecular weight is 431 g/mol. The van der Waals surface area contributed by atoms with E-state index in [2.05, 4.69) is 0 Å². The van der Waals surface area contributed by atoms with Crippen LogP contribution in [0.15, 0.2) is 78.9 Å². The van der Waals surface area contributed by atoms with Crippen molar-refractivity contribution in [3.8, 4) is 11.1 Å². The molecule has 0 saturated heterocycles. The Bertz CT molecular complexity index is 1090. The molecule has 0 aliphatic heterocycles. The second-order valence-corrected chi connectivity index (χ2v) is 7.65. The van der Waals surface area contributed by atoms with Gasteiger partial charge in [0.05, 0.1) is 0 Å². The highest BCUT2D eigenvalue weighted by atomic mass is 16.4.